The molecule has 2 amide bonds. The van der Waals surface area contributed by atoms with Gasteiger partial charge in [0.1, 0.15) is 0 Å². The van der Waals surface area contributed by atoms with E-state index < -0.39 is 0 Å². The number of hydrogen-bond acceptors (Lipinski definition) is 8. The van der Waals surface area contributed by atoms with Crippen LogP contribution in [0.5, 0.6) is 0 Å². The number of hydrogen-bond donors (Lipinski definition) is 0. The fourth-order valence-electron chi connectivity index (χ4n) is 3.70. The van der Waals surface area contributed by atoms with Crippen molar-refractivity contribution in [1.29, 1.82) is 0 Å². The van der Waals surface area contributed by atoms with Crippen LogP contribution in [0.1, 0.15) is 26.7 Å². The lowest BCUT2D eigenvalue weighted by molar-refractivity contribution is 0.0514. The molecule has 4 aromatic rings. The third-order valence-corrected chi connectivity index (χ3v) is 6.92. The van der Waals surface area contributed by atoms with Crippen LogP contribution in [0.15, 0.2) is 75.2 Å². The summed E-state index contributed by atoms with van der Waals surface area (Å²) in [4.78, 5) is 37.9. The zero-order valence-electron chi connectivity index (χ0n) is 18.5. The lowest BCUT2D eigenvalue weighted by atomic mass is 10.2. The first-order valence-corrected chi connectivity index (χ1v) is 12.6. The minimum absolute atomic E-state index is 0.178. The highest BCUT2D eigenvalue weighted by atomic mass is 79.9. The number of furan rings is 1. The number of carbonyl (C=O) groups excluding carboxylic acids is 2. The number of piperazine rings is 1. The SMILES string of the molecule is O=C(c1ccco1)N1CCN(C(=O)c2nnn(-c3ccc(Br)cc3)c2CSc2ncccn2)CC1. The highest BCUT2D eigenvalue weighted by molar-refractivity contribution is 9.10. The van der Waals surface area contributed by atoms with Crippen LogP contribution >= 0.6 is 27.7 Å². The molecule has 1 aromatic carbocycles. The number of nitrogens with zero attached hydrogens (tertiary/aromatic N) is 7. The fraction of sp³-hybridized carbons (Fsp3) is 0.217. The first kappa shape index (κ1) is 23.2. The molecule has 12 heteroatoms. The maximum absolute atomic E-state index is 13.5. The number of benzene rings is 1. The summed E-state index contributed by atoms with van der Waals surface area (Å²) in [5, 5.41) is 9.15. The normalized spacial score (nSPS) is 13.7. The van der Waals surface area contributed by atoms with Crippen molar-refractivity contribution in [1.82, 2.24) is 34.8 Å². The highest BCUT2D eigenvalue weighted by Gasteiger charge is 2.30. The summed E-state index contributed by atoms with van der Waals surface area (Å²) in [6, 6.07) is 12.7. The van der Waals surface area contributed by atoms with Crippen molar-refractivity contribution in [2.45, 2.75) is 10.9 Å². The van der Waals surface area contributed by atoms with Crippen molar-refractivity contribution < 1.29 is 14.0 Å². The number of aromatic nitrogens is 5. The van der Waals surface area contributed by atoms with Crippen LogP contribution in [-0.2, 0) is 5.75 Å². The summed E-state index contributed by atoms with van der Waals surface area (Å²) < 4.78 is 7.83. The lowest BCUT2D eigenvalue weighted by Crippen LogP contribution is -2.50. The van der Waals surface area contributed by atoms with Gasteiger partial charge in [-0.3, -0.25) is 9.59 Å². The predicted molar refractivity (Wildman–Crippen MR) is 131 cm³/mol. The molecule has 0 atom stereocenters. The Morgan fingerprint density at radius 2 is 1.63 bits per heavy atom. The molecule has 0 saturated carbocycles. The van der Waals surface area contributed by atoms with E-state index in [1.165, 1.54) is 18.0 Å². The van der Waals surface area contributed by atoms with Gasteiger partial charge >= 0.3 is 0 Å². The van der Waals surface area contributed by atoms with Crippen LogP contribution in [0.4, 0.5) is 0 Å². The molecule has 0 aliphatic carbocycles. The van der Waals surface area contributed by atoms with Gasteiger partial charge in [0.2, 0.25) is 0 Å². The topological polar surface area (TPSA) is 110 Å². The van der Waals surface area contributed by atoms with Crippen LogP contribution in [-0.4, -0.2) is 72.8 Å². The van der Waals surface area contributed by atoms with Crippen molar-refractivity contribution in [3.8, 4) is 5.69 Å². The van der Waals surface area contributed by atoms with E-state index in [-0.39, 0.29) is 17.5 Å². The molecule has 35 heavy (non-hydrogen) atoms. The molecule has 1 saturated heterocycles. The van der Waals surface area contributed by atoms with Gasteiger partial charge in [0.25, 0.3) is 11.8 Å². The summed E-state index contributed by atoms with van der Waals surface area (Å²) in [5.74, 6) is 0.307. The largest absolute Gasteiger partial charge is 0.459 e. The molecule has 0 unspecified atom stereocenters. The molecule has 5 rings (SSSR count). The first-order chi connectivity index (χ1) is 17.1. The molecular weight excluding hydrogens is 534 g/mol. The van der Waals surface area contributed by atoms with Gasteiger partial charge in [-0.25, -0.2) is 14.6 Å². The van der Waals surface area contributed by atoms with Crippen LogP contribution < -0.4 is 0 Å². The average molecular weight is 554 g/mol. The molecule has 0 radical (unpaired) electrons. The highest BCUT2D eigenvalue weighted by Crippen LogP contribution is 2.24. The van der Waals surface area contributed by atoms with Gasteiger partial charge in [-0.05, 0) is 42.5 Å². The van der Waals surface area contributed by atoms with E-state index in [0.29, 0.717) is 48.5 Å². The molecule has 0 spiro atoms. The van der Waals surface area contributed by atoms with Gasteiger partial charge in [0.05, 0.1) is 17.6 Å². The van der Waals surface area contributed by atoms with E-state index in [0.717, 1.165) is 10.2 Å². The zero-order chi connectivity index (χ0) is 24.2. The Morgan fingerprint density at radius 1 is 0.943 bits per heavy atom. The summed E-state index contributed by atoms with van der Waals surface area (Å²) in [6.07, 6.45) is 4.83. The number of thioether (sulfide) groups is 1. The van der Waals surface area contributed by atoms with E-state index in [1.54, 1.807) is 45.1 Å². The average Bonchev–Trinajstić information content (AvgIpc) is 3.58. The Balaban J connectivity index is 1.36. The molecule has 0 bridgehead atoms. The smallest absolute Gasteiger partial charge is 0.289 e. The second-order valence-electron chi connectivity index (χ2n) is 7.65. The summed E-state index contributed by atoms with van der Waals surface area (Å²) in [7, 11) is 0. The zero-order valence-corrected chi connectivity index (χ0v) is 20.9. The monoisotopic (exact) mass is 553 g/mol. The molecule has 3 aromatic heterocycles. The minimum atomic E-state index is -0.219. The third kappa shape index (κ3) is 5.13. The Kier molecular flexibility index (Phi) is 6.91. The Bertz CT molecular complexity index is 1300. The van der Waals surface area contributed by atoms with Crippen LogP contribution in [0, 0.1) is 0 Å². The van der Waals surface area contributed by atoms with E-state index >= 15 is 0 Å². The maximum Gasteiger partial charge on any atom is 0.289 e. The van der Waals surface area contributed by atoms with Gasteiger partial charge in [-0.1, -0.05) is 32.9 Å². The standard InChI is InChI=1S/C23H20BrN7O3S/c24-16-4-6-17(7-5-16)31-18(15-35-23-25-8-2-9-26-23)20(27-28-31)22(33)30-12-10-29(11-13-30)21(32)19-3-1-14-34-19/h1-9,14H,10-13,15H2. The number of halogens is 1. The lowest BCUT2D eigenvalue weighted by Gasteiger charge is -2.34. The third-order valence-electron chi connectivity index (χ3n) is 5.50. The first-order valence-electron chi connectivity index (χ1n) is 10.8. The number of rotatable bonds is 6. The van der Waals surface area contributed by atoms with Crippen molar-refractivity contribution in [3.05, 3.63) is 82.7 Å². The van der Waals surface area contributed by atoms with Gasteiger partial charge in [-0.2, -0.15) is 0 Å². The van der Waals surface area contributed by atoms with Crippen molar-refractivity contribution in [3.63, 3.8) is 0 Å². The summed E-state index contributed by atoms with van der Waals surface area (Å²) >= 11 is 4.85. The summed E-state index contributed by atoms with van der Waals surface area (Å²) in [6.45, 7) is 1.61. The van der Waals surface area contributed by atoms with Gasteiger partial charge < -0.3 is 14.2 Å². The maximum atomic E-state index is 13.5. The van der Waals surface area contributed by atoms with Crippen molar-refractivity contribution in [2.24, 2.45) is 0 Å². The second-order valence-corrected chi connectivity index (χ2v) is 9.51. The quantitative estimate of drug-likeness (QED) is 0.264. The molecule has 1 aliphatic rings. The number of amides is 2. The molecule has 1 aliphatic heterocycles. The van der Waals surface area contributed by atoms with Crippen LogP contribution in [0.2, 0.25) is 0 Å². The van der Waals surface area contributed by atoms with Crippen LogP contribution in [0.3, 0.4) is 0 Å². The van der Waals surface area contributed by atoms with E-state index in [1.807, 2.05) is 24.3 Å². The van der Waals surface area contributed by atoms with Gasteiger partial charge in [-0.15, -0.1) is 5.10 Å². The fourth-order valence-corrected chi connectivity index (χ4v) is 4.76. The molecule has 0 N–H and O–H groups in total. The van der Waals surface area contributed by atoms with E-state index in [2.05, 4.69) is 36.2 Å². The molecule has 10 nitrogen and oxygen atoms in total. The Hall–Kier alpha value is -3.51. The van der Waals surface area contributed by atoms with Crippen molar-refractivity contribution in [2.75, 3.05) is 26.2 Å². The molecular formula is C23H20BrN7O3S. The number of carbonyl (C=O) groups is 2. The second kappa shape index (κ2) is 10.4. The molecule has 1 fully saturated rings. The van der Waals surface area contributed by atoms with Crippen LogP contribution in [0.25, 0.3) is 5.69 Å². The van der Waals surface area contributed by atoms with Gasteiger partial charge in [0, 0.05) is 48.8 Å². The molecule has 178 valence electrons. The summed E-state index contributed by atoms with van der Waals surface area (Å²) in [5.41, 5.74) is 1.73. The van der Waals surface area contributed by atoms with E-state index in [9.17, 15) is 9.59 Å². The minimum Gasteiger partial charge on any atom is -0.459 e. The predicted octanol–water partition coefficient (Wildman–Crippen LogP) is 3.30. The van der Waals surface area contributed by atoms with E-state index in [4.69, 9.17) is 4.42 Å². The Labute approximate surface area is 213 Å². The Morgan fingerprint density at radius 3 is 2.29 bits per heavy atom. The molecule has 4 heterocycles. The van der Waals surface area contributed by atoms with Crippen molar-refractivity contribution >= 4 is 39.5 Å². The van der Waals surface area contributed by atoms with Gasteiger partial charge in [0.15, 0.2) is 16.6 Å².